The van der Waals surface area contributed by atoms with E-state index in [-0.39, 0.29) is 18.8 Å². The van der Waals surface area contributed by atoms with Crippen molar-refractivity contribution in [1.82, 2.24) is 9.97 Å². The highest BCUT2D eigenvalue weighted by molar-refractivity contribution is 5.93. The number of fused-ring (bicyclic) bond motifs is 1. The second-order valence-corrected chi connectivity index (χ2v) is 5.89. The van der Waals surface area contributed by atoms with Crippen molar-refractivity contribution < 1.29 is 19.4 Å². The van der Waals surface area contributed by atoms with Gasteiger partial charge in [-0.3, -0.25) is 4.79 Å². The third-order valence-electron chi connectivity index (χ3n) is 4.03. The number of aliphatic hydroxyl groups is 1. The molecule has 142 valence electrons. The summed E-state index contributed by atoms with van der Waals surface area (Å²) >= 11 is 0. The molecule has 0 saturated carbocycles. The van der Waals surface area contributed by atoms with Crippen molar-refractivity contribution in [3.05, 3.63) is 48.3 Å². The fraction of sp³-hybridized carbons (Fsp3) is 0.190. The third-order valence-corrected chi connectivity index (χ3v) is 4.03. The Balaban J connectivity index is 1.94. The second kappa shape index (κ2) is 8.84. The van der Waals surface area contributed by atoms with E-state index >= 15 is 0 Å². The average molecular weight is 377 g/mol. The predicted octanol–water partition coefficient (Wildman–Crippen LogP) is 2.69. The number of aliphatic hydroxyl groups excluding tert-OH is 1. The van der Waals surface area contributed by atoms with Gasteiger partial charge in [0, 0.05) is 29.1 Å². The van der Waals surface area contributed by atoms with Crippen LogP contribution in [-0.2, 0) is 4.79 Å². The van der Waals surface area contributed by atoms with E-state index in [1.54, 1.807) is 12.1 Å². The lowest BCUT2D eigenvalue weighted by Gasteiger charge is -2.14. The first kappa shape index (κ1) is 19.1. The number of nitrogens with one attached hydrogen (secondary N) is 1. The lowest BCUT2D eigenvalue weighted by atomic mass is 10.2. The summed E-state index contributed by atoms with van der Waals surface area (Å²) in [7, 11) is 1.53. The first-order valence-electron chi connectivity index (χ1n) is 8.56. The van der Waals surface area contributed by atoms with Crippen molar-refractivity contribution in [1.29, 1.82) is 0 Å². The molecule has 0 unspecified atom stereocenters. The lowest BCUT2D eigenvalue weighted by molar-refractivity contribution is -0.122. The van der Waals surface area contributed by atoms with Gasteiger partial charge in [-0.25, -0.2) is 9.97 Å². The summed E-state index contributed by atoms with van der Waals surface area (Å²) in [5.74, 6) is 3.83. The van der Waals surface area contributed by atoms with Gasteiger partial charge in [0.15, 0.2) is 17.3 Å². The van der Waals surface area contributed by atoms with Gasteiger partial charge in [-0.1, -0.05) is 12.0 Å². The van der Waals surface area contributed by atoms with Crippen LogP contribution in [0.4, 0.5) is 11.5 Å². The van der Waals surface area contributed by atoms with Crippen LogP contribution < -0.4 is 14.8 Å². The number of nitrogens with zero attached hydrogens (tertiary/aromatic N) is 2. The zero-order valence-corrected chi connectivity index (χ0v) is 15.3. The molecule has 0 saturated heterocycles. The highest BCUT2D eigenvalue weighted by Gasteiger charge is 2.12. The van der Waals surface area contributed by atoms with Gasteiger partial charge in [0.1, 0.15) is 18.8 Å². The SMILES string of the molecule is C#Cc1cccc(Nc2ncnc3cc(OC)c(OCCC(=O)CO)cc23)c1. The monoisotopic (exact) mass is 377 g/mol. The maximum atomic E-state index is 11.3. The number of ketones is 1. The number of carbonyl (C=O) groups is 1. The number of carbonyl (C=O) groups excluding carboxylic acids is 1. The largest absolute Gasteiger partial charge is 0.493 e. The molecule has 3 aromatic rings. The minimum Gasteiger partial charge on any atom is -0.493 e. The Bertz CT molecular complexity index is 1040. The first-order chi connectivity index (χ1) is 13.6. The van der Waals surface area contributed by atoms with Crippen LogP contribution in [0.25, 0.3) is 10.9 Å². The van der Waals surface area contributed by atoms with E-state index in [0.717, 1.165) is 16.6 Å². The van der Waals surface area contributed by atoms with Gasteiger partial charge in [0.05, 0.1) is 19.2 Å². The topological polar surface area (TPSA) is 93.6 Å². The Kier molecular flexibility index (Phi) is 6.04. The molecule has 2 N–H and O–H groups in total. The Hall–Kier alpha value is -3.63. The summed E-state index contributed by atoms with van der Waals surface area (Å²) in [5, 5.41) is 12.8. The van der Waals surface area contributed by atoms with E-state index in [2.05, 4.69) is 21.2 Å². The molecule has 0 fully saturated rings. The molecule has 0 amide bonds. The maximum absolute atomic E-state index is 11.3. The van der Waals surface area contributed by atoms with Crippen LogP contribution in [-0.4, -0.2) is 41.2 Å². The smallest absolute Gasteiger partial charge is 0.162 e. The summed E-state index contributed by atoms with van der Waals surface area (Å²) < 4.78 is 11.0. The molecule has 3 rings (SSSR count). The molecule has 28 heavy (non-hydrogen) atoms. The average Bonchev–Trinajstić information content (AvgIpc) is 2.73. The highest BCUT2D eigenvalue weighted by Crippen LogP contribution is 2.34. The van der Waals surface area contributed by atoms with E-state index in [1.807, 2.05) is 24.3 Å². The Morgan fingerprint density at radius 1 is 1.25 bits per heavy atom. The second-order valence-electron chi connectivity index (χ2n) is 5.89. The zero-order valence-electron chi connectivity index (χ0n) is 15.3. The number of hydrogen-bond donors (Lipinski definition) is 2. The van der Waals surface area contributed by atoms with E-state index in [1.165, 1.54) is 13.4 Å². The fourth-order valence-electron chi connectivity index (χ4n) is 2.61. The first-order valence-corrected chi connectivity index (χ1v) is 8.56. The molecule has 2 aromatic carbocycles. The van der Waals surface area contributed by atoms with Crippen LogP contribution in [0.3, 0.4) is 0 Å². The standard InChI is InChI=1S/C21H19N3O4/c1-3-14-5-4-6-15(9-14)24-21-17-10-20(28-8-7-16(26)12-25)19(27-2)11-18(17)22-13-23-21/h1,4-6,9-11,13,25H,7-8,12H2,2H3,(H,22,23,24). The number of Topliss-reactive ketones (excluding diaryl/α,β-unsaturated/α-hetero) is 1. The van der Waals surface area contributed by atoms with Crippen LogP contribution in [0.2, 0.25) is 0 Å². The number of ether oxygens (including phenoxy) is 2. The van der Waals surface area contributed by atoms with E-state index < -0.39 is 6.61 Å². The van der Waals surface area contributed by atoms with Crippen molar-refractivity contribution in [3.8, 4) is 23.8 Å². The molecule has 0 radical (unpaired) electrons. The summed E-state index contributed by atoms with van der Waals surface area (Å²) in [5.41, 5.74) is 2.21. The van der Waals surface area contributed by atoms with Gasteiger partial charge in [-0.05, 0) is 24.3 Å². The van der Waals surface area contributed by atoms with Gasteiger partial charge in [0.25, 0.3) is 0 Å². The molecular weight excluding hydrogens is 358 g/mol. The zero-order chi connectivity index (χ0) is 19.9. The number of hydrogen-bond acceptors (Lipinski definition) is 7. The number of terminal acetylenes is 1. The Morgan fingerprint density at radius 3 is 2.86 bits per heavy atom. The fourth-order valence-corrected chi connectivity index (χ4v) is 2.61. The van der Waals surface area contributed by atoms with Crippen LogP contribution >= 0.6 is 0 Å². The van der Waals surface area contributed by atoms with Gasteiger partial charge < -0.3 is 19.9 Å². The van der Waals surface area contributed by atoms with Crippen molar-refractivity contribution in [2.45, 2.75) is 6.42 Å². The third kappa shape index (κ3) is 4.37. The summed E-state index contributed by atoms with van der Waals surface area (Å²) in [4.78, 5) is 19.9. The molecule has 0 aliphatic rings. The lowest BCUT2D eigenvalue weighted by Crippen LogP contribution is -2.10. The van der Waals surface area contributed by atoms with Crippen LogP contribution in [0.5, 0.6) is 11.5 Å². The molecule has 1 aromatic heterocycles. The normalized spacial score (nSPS) is 10.3. The maximum Gasteiger partial charge on any atom is 0.162 e. The Labute approximate surface area is 162 Å². The van der Waals surface area contributed by atoms with Gasteiger partial charge in [-0.2, -0.15) is 0 Å². The molecule has 0 spiro atoms. The molecule has 0 bridgehead atoms. The minimum atomic E-state index is -0.503. The molecule has 1 heterocycles. The van der Waals surface area contributed by atoms with E-state index in [0.29, 0.717) is 22.8 Å². The number of benzene rings is 2. The van der Waals surface area contributed by atoms with Crippen LogP contribution in [0.1, 0.15) is 12.0 Å². The van der Waals surface area contributed by atoms with Crippen LogP contribution in [0.15, 0.2) is 42.7 Å². The summed E-state index contributed by atoms with van der Waals surface area (Å²) in [6.07, 6.45) is 7.02. The van der Waals surface area contributed by atoms with Gasteiger partial charge in [-0.15, -0.1) is 6.42 Å². The predicted molar refractivity (Wildman–Crippen MR) is 106 cm³/mol. The van der Waals surface area contributed by atoms with Gasteiger partial charge in [0.2, 0.25) is 0 Å². The van der Waals surface area contributed by atoms with Crippen molar-refractivity contribution >= 4 is 28.2 Å². The van der Waals surface area contributed by atoms with E-state index in [4.69, 9.17) is 21.0 Å². The number of methoxy groups -OCH3 is 1. The molecule has 0 aliphatic heterocycles. The number of anilines is 2. The quantitative estimate of drug-likeness (QED) is 0.583. The summed E-state index contributed by atoms with van der Waals surface area (Å²) in [6, 6.07) is 10.9. The minimum absolute atomic E-state index is 0.104. The number of rotatable bonds is 8. The number of aromatic nitrogens is 2. The van der Waals surface area contributed by atoms with Gasteiger partial charge >= 0.3 is 0 Å². The van der Waals surface area contributed by atoms with Crippen molar-refractivity contribution in [3.63, 3.8) is 0 Å². The summed E-state index contributed by atoms with van der Waals surface area (Å²) in [6.45, 7) is -0.376. The molecule has 0 atom stereocenters. The molecule has 7 heteroatoms. The highest BCUT2D eigenvalue weighted by atomic mass is 16.5. The van der Waals surface area contributed by atoms with E-state index in [9.17, 15) is 4.79 Å². The van der Waals surface area contributed by atoms with Crippen LogP contribution in [0, 0.1) is 12.3 Å². The van der Waals surface area contributed by atoms with Crippen molar-refractivity contribution in [2.24, 2.45) is 0 Å². The van der Waals surface area contributed by atoms with Crippen molar-refractivity contribution in [2.75, 3.05) is 25.6 Å². The molecular formula is C21H19N3O4. The molecule has 0 aliphatic carbocycles. The molecule has 7 nitrogen and oxygen atoms in total. The Morgan fingerprint density at radius 2 is 2.11 bits per heavy atom.